The fourth-order valence-electron chi connectivity index (χ4n) is 1.57. The number of carbonyl (C=O) groups excluding carboxylic acids is 1. The van der Waals surface area contributed by atoms with Gasteiger partial charge in [-0.3, -0.25) is 4.79 Å². The van der Waals surface area contributed by atoms with E-state index in [0.29, 0.717) is 6.61 Å². The Morgan fingerprint density at radius 2 is 2.15 bits per heavy atom. The van der Waals surface area contributed by atoms with Gasteiger partial charge in [0.15, 0.2) is 0 Å². The second-order valence-corrected chi connectivity index (χ2v) is 4.02. The molecule has 0 aromatic carbocycles. The normalized spacial score (nSPS) is 21.3. The number of nitrogens with one attached hydrogen (secondary N) is 1. The minimum absolute atomic E-state index is 0.0447. The third-order valence-electron chi connectivity index (χ3n) is 2.51. The summed E-state index contributed by atoms with van der Waals surface area (Å²) in [4.78, 5) is 10.4. The van der Waals surface area contributed by atoms with Crippen LogP contribution in [0.25, 0.3) is 0 Å². The minimum atomic E-state index is -0.391. The highest BCUT2D eigenvalue weighted by Crippen LogP contribution is 2.27. The van der Waals surface area contributed by atoms with Gasteiger partial charge in [-0.05, 0) is 31.3 Å². The summed E-state index contributed by atoms with van der Waals surface area (Å²) < 4.78 is 5.24. The number of primary amides is 1. The lowest BCUT2D eigenvalue weighted by molar-refractivity contribution is -0.123. The van der Waals surface area contributed by atoms with E-state index in [1.165, 1.54) is 0 Å². The number of carbonyl (C=O) groups is 1. The molecule has 13 heavy (non-hydrogen) atoms. The number of amides is 1. The van der Waals surface area contributed by atoms with Gasteiger partial charge in [-0.1, -0.05) is 6.92 Å². The molecule has 0 aromatic heterocycles. The zero-order valence-electron chi connectivity index (χ0n) is 8.14. The Morgan fingerprint density at radius 3 is 2.69 bits per heavy atom. The van der Waals surface area contributed by atoms with E-state index in [1.54, 1.807) is 0 Å². The lowest BCUT2D eigenvalue weighted by atomic mass is 9.82. The Kier molecular flexibility index (Phi) is 3.69. The smallest absolute Gasteiger partial charge is 0.243 e. The van der Waals surface area contributed by atoms with Crippen LogP contribution in [0.5, 0.6) is 0 Å². The van der Waals surface area contributed by atoms with Crippen molar-refractivity contribution in [2.24, 2.45) is 11.1 Å². The highest BCUT2D eigenvalue weighted by Gasteiger charge is 2.26. The van der Waals surface area contributed by atoms with Crippen LogP contribution in [-0.2, 0) is 9.53 Å². The fraction of sp³-hybridized carbons (Fsp3) is 0.889. The van der Waals surface area contributed by atoms with E-state index >= 15 is 0 Å². The molecule has 4 nitrogen and oxygen atoms in total. The SMILES string of the molecule is CC1(COCC(N)=O)CCNCC1. The molecule has 1 saturated heterocycles. The molecule has 0 spiro atoms. The van der Waals surface area contributed by atoms with E-state index in [4.69, 9.17) is 10.5 Å². The monoisotopic (exact) mass is 186 g/mol. The van der Waals surface area contributed by atoms with Gasteiger partial charge >= 0.3 is 0 Å². The highest BCUT2D eigenvalue weighted by atomic mass is 16.5. The van der Waals surface area contributed by atoms with Crippen LogP contribution in [0.15, 0.2) is 0 Å². The summed E-state index contributed by atoms with van der Waals surface area (Å²) in [5.41, 5.74) is 5.20. The summed E-state index contributed by atoms with van der Waals surface area (Å²) in [6, 6.07) is 0. The fourth-order valence-corrected chi connectivity index (χ4v) is 1.57. The summed E-state index contributed by atoms with van der Waals surface area (Å²) in [6.07, 6.45) is 2.21. The van der Waals surface area contributed by atoms with Crippen LogP contribution in [0.1, 0.15) is 19.8 Å². The van der Waals surface area contributed by atoms with Gasteiger partial charge in [-0.15, -0.1) is 0 Å². The maximum absolute atomic E-state index is 10.4. The van der Waals surface area contributed by atoms with E-state index in [-0.39, 0.29) is 12.0 Å². The molecule has 0 atom stereocenters. The highest BCUT2D eigenvalue weighted by molar-refractivity contribution is 5.74. The molecule has 1 aliphatic heterocycles. The van der Waals surface area contributed by atoms with Crippen molar-refractivity contribution >= 4 is 5.91 Å². The van der Waals surface area contributed by atoms with Crippen molar-refractivity contribution in [1.82, 2.24) is 5.32 Å². The van der Waals surface area contributed by atoms with E-state index in [9.17, 15) is 4.79 Å². The van der Waals surface area contributed by atoms with Crippen LogP contribution in [0, 0.1) is 5.41 Å². The second kappa shape index (κ2) is 4.58. The molecule has 0 unspecified atom stereocenters. The first-order chi connectivity index (χ1) is 6.12. The Balaban J connectivity index is 2.21. The summed E-state index contributed by atoms with van der Waals surface area (Å²) in [7, 11) is 0. The Morgan fingerprint density at radius 1 is 1.54 bits per heavy atom. The molecule has 1 amide bonds. The first-order valence-corrected chi connectivity index (χ1v) is 4.69. The Bertz CT molecular complexity index is 176. The molecule has 76 valence electrons. The lowest BCUT2D eigenvalue weighted by Gasteiger charge is -2.33. The van der Waals surface area contributed by atoms with Gasteiger partial charge < -0.3 is 15.8 Å². The molecular formula is C9H18N2O2. The van der Waals surface area contributed by atoms with Gasteiger partial charge in [-0.25, -0.2) is 0 Å². The molecule has 1 rings (SSSR count). The molecule has 0 radical (unpaired) electrons. The van der Waals surface area contributed by atoms with Gasteiger partial charge in [0.2, 0.25) is 5.91 Å². The average molecular weight is 186 g/mol. The maximum atomic E-state index is 10.4. The first kappa shape index (κ1) is 10.5. The first-order valence-electron chi connectivity index (χ1n) is 4.69. The van der Waals surface area contributed by atoms with Crippen molar-refractivity contribution in [2.45, 2.75) is 19.8 Å². The second-order valence-electron chi connectivity index (χ2n) is 4.02. The van der Waals surface area contributed by atoms with Crippen LogP contribution >= 0.6 is 0 Å². The molecule has 4 heteroatoms. The van der Waals surface area contributed by atoms with Crippen molar-refractivity contribution < 1.29 is 9.53 Å². The average Bonchev–Trinajstić information content (AvgIpc) is 2.04. The summed E-state index contributed by atoms with van der Waals surface area (Å²) >= 11 is 0. The molecule has 1 heterocycles. The maximum Gasteiger partial charge on any atom is 0.243 e. The Labute approximate surface area is 78.8 Å². The predicted molar refractivity (Wildman–Crippen MR) is 50.2 cm³/mol. The van der Waals surface area contributed by atoms with Crippen LogP contribution in [-0.4, -0.2) is 32.2 Å². The number of nitrogens with two attached hydrogens (primary N) is 1. The molecule has 1 fully saturated rings. The number of piperidine rings is 1. The molecule has 1 aliphatic rings. The Hall–Kier alpha value is -0.610. The number of rotatable bonds is 4. The summed E-state index contributed by atoms with van der Waals surface area (Å²) in [5.74, 6) is -0.391. The van der Waals surface area contributed by atoms with Gasteiger partial charge in [0.05, 0.1) is 6.61 Å². The number of ether oxygens (including phenoxy) is 1. The molecular weight excluding hydrogens is 168 g/mol. The summed E-state index contributed by atoms with van der Waals surface area (Å²) in [6.45, 7) is 4.95. The largest absolute Gasteiger partial charge is 0.371 e. The van der Waals surface area contributed by atoms with Gasteiger partial charge in [0.25, 0.3) is 0 Å². The third kappa shape index (κ3) is 3.74. The van der Waals surface area contributed by atoms with Gasteiger partial charge in [-0.2, -0.15) is 0 Å². The predicted octanol–water partition coefficient (Wildman–Crippen LogP) is -0.122. The number of hydrogen-bond donors (Lipinski definition) is 2. The molecule has 0 saturated carbocycles. The lowest BCUT2D eigenvalue weighted by Crippen LogP contribution is -2.38. The quantitative estimate of drug-likeness (QED) is 0.643. The summed E-state index contributed by atoms with van der Waals surface area (Å²) in [5, 5.41) is 3.29. The van der Waals surface area contributed by atoms with Gasteiger partial charge in [0.1, 0.15) is 6.61 Å². The standard InChI is InChI=1S/C9H18N2O2/c1-9(2-4-11-5-3-9)7-13-6-8(10)12/h11H,2-7H2,1H3,(H2,10,12). The van der Waals surface area contributed by atoms with Crippen molar-refractivity contribution in [1.29, 1.82) is 0 Å². The third-order valence-corrected chi connectivity index (χ3v) is 2.51. The zero-order chi connectivity index (χ0) is 9.73. The topological polar surface area (TPSA) is 64.3 Å². The van der Waals surface area contributed by atoms with E-state index < -0.39 is 5.91 Å². The van der Waals surface area contributed by atoms with Crippen molar-refractivity contribution in [3.8, 4) is 0 Å². The van der Waals surface area contributed by atoms with Crippen molar-refractivity contribution in [3.05, 3.63) is 0 Å². The zero-order valence-corrected chi connectivity index (χ0v) is 8.14. The van der Waals surface area contributed by atoms with Crippen LogP contribution in [0.4, 0.5) is 0 Å². The van der Waals surface area contributed by atoms with Crippen LogP contribution in [0.3, 0.4) is 0 Å². The van der Waals surface area contributed by atoms with E-state index in [0.717, 1.165) is 25.9 Å². The minimum Gasteiger partial charge on any atom is -0.371 e. The van der Waals surface area contributed by atoms with Crippen molar-refractivity contribution in [3.63, 3.8) is 0 Å². The van der Waals surface area contributed by atoms with E-state index in [2.05, 4.69) is 12.2 Å². The molecule has 0 aliphatic carbocycles. The molecule has 0 bridgehead atoms. The van der Waals surface area contributed by atoms with Crippen LogP contribution in [0.2, 0.25) is 0 Å². The molecule has 3 N–H and O–H groups in total. The van der Waals surface area contributed by atoms with E-state index in [1.807, 2.05) is 0 Å². The van der Waals surface area contributed by atoms with Crippen molar-refractivity contribution in [2.75, 3.05) is 26.3 Å². The number of hydrogen-bond acceptors (Lipinski definition) is 3. The van der Waals surface area contributed by atoms with Gasteiger partial charge in [0, 0.05) is 0 Å². The van der Waals surface area contributed by atoms with Crippen LogP contribution < -0.4 is 11.1 Å². The molecule has 0 aromatic rings.